The van der Waals surface area contributed by atoms with E-state index >= 15 is 0 Å². The molecule has 3 aromatic rings. The van der Waals surface area contributed by atoms with E-state index in [1.165, 1.54) is 0 Å². The van der Waals surface area contributed by atoms with Gasteiger partial charge in [0, 0.05) is 30.2 Å². The Labute approximate surface area is 156 Å². The van der Waals surface area contributed by atoms with Crippen molar-refractivity contribution in [3.05, 3.63) is 72.7 Å². The molecule has 0 aliphatic heterocycles. The lowest BCUT2D eigenvalue weighted by Crippen LogP contribution is -2.03. The molecular weight excluding hydrogens is 344 g/mol. The van der Waals surface area contributed by atoms with Crippen molar-refractivity contribution in [2.45, 2.75) is 0 Å². The van der Waals surface area contributed by atoms with E-state index in [4.69, 9.17) is 9.47 Å². The lowest BCUT2D eigenvalue weighted by atomic mass is 10.2. The van der Waals surface area contributed by atoms with Crippen LogP contribution in [-0.4, -0.2) is 30.0 Å². The van der Waals surface area contributed by atoms with Crippen LogP contribution in [0.2, 0.25) is 0 Å². The van der Waals surface area contributed by atoms with E-state index in [9.17, 15) is 0 Å². The maximum Gasteiger partial charge on any atom is 0.202 e. The first kappa shape index (κ1) is 18.0. The molecule has 27 heavy (non-hydrogen) atoms. The zero-order chi connectivity index (χ0) is 18.9. The van der Waals surface area contributed by atoms with Gasteiger partial charge in [0.05, 0.1) is 14.2 Å². The summed E-state index contributed by atoms with van der Waals surface area (Å²) in [4.78, 5) is 8.23. The predicted molar refractivity (Wildman–Crippen MR) is 103 cm³/mol. The highest BCUT2D eigenvalue weighted by molar-refractivity contribution is 5.99. The number of nitrogens with one attached hydrogen (secondary N) is 1. The van der Waals surface area contributed by atoms with Crippen molar-refractivity contribution in [2.24, 2.45) is 15.3 Å². The second-order valence-electron chi connectivity index (χ2n) is 5.24. The molecule has 0 spiro atoms. The van der Waals surface area contributed by atoms with Crippen LogP contribution >= 0.6 is 0 Å². The molecule has 0 aliphatic rings. The molecule has 2 heterocycles. The van der Waals surface area contributed by atoms with Gasteiger partial charge in [-0.25, -0.2) is 4.98 Å². The average molecular weight is 362 g/mol. The van der Waals surface area contributed by atoms with Gasteiger partial charge in [0.1, 0.15) is 17.2 Å². The summed E-state index contributed by atoms with van der Waals surface area (Å²) < 4.78 is 10.6. The van der Waals surface area contributed by atoms with E-state index in [0.717, 1.165) is 0 Å². The zero-order valence-corrected chi connectivity index (χ0v) is 14.9. The third-order valence-electron chi connectivity index (χ3n) is 3.51. The molecule has 0 unspecified atom stereocenters. The van der Waals surface area contributed by atoms with E-state index in [-0.39, 0.29) is 0 Å². The van der Waals surface area contributed by atoms with E-state index < -0.39 is 0 Å². The minimum Gasteiger partial charge on any atom is -0.497 e. The summed E-state index contributed by atoms with van der Waals surface area (Å²) in [6, 6.07) is 14.4. The van der Waals surface area contributed by atoms with Gasteiger partial charge in [-0.05, 0) is 36.4 Å². The third kappa shape index (κ3) is 4.85. The summed E-state index contributed by atoms with van der Waals surface area (Å²) in [5, 5.41) is 12.7. The number of anilines is 1. The summed E-state index contributed by atoms with van der Waals surface area (Å²) >= 11 is 0. The van der Waals surface area contributed by atoms with Crippen LogP contribution in [0, 0.1) is 0 Å². The number of aromatic nitrogens is 2. The van der Waals surface area contributed by atoms with Gasteiger partial charge in [-0.1, -0.05) is 6.07 Å². The number of ether oxygens (including phenoxy) is 2. The fourth-order valence-electron chi connectivity index (χ4n) is 2.17. The fourth-order valence-corrected chi connectivity index (χ4v) is 2.17. The van der Waals surface area contributed by atoms with Crippen molar-refractivity contribution in [3.8, 4) is 11.5 Å². The summed E-state index contributed by atoms with van der Waals surface area (Å²) in [6.07, 6.45) is 4.98. The molecular formula is C19H18N6O2. The minimum absolute atomic E-state index is 0.346. The Balaban J connectivity index is 1.92. The molecule has 2 aromatic heterocycles. The van der Waals surface area contributed by atoms with Gasteiger partial charge in [-0.15, -0.1) is 10.2 Å². The number of benzene rings is 1. The number of hydrazone groups is 1. The van der Waals surface area contributed by atoms with Crippen LogP contribution in [0.5, 0.6) is 11.5 Å². The summed E-state index contributed by atoms with van der Waals surface area (Å²) in [6.45, 7) is 0. The highest BCUT2D eigenvalue weighted by Crippen LogP contribution is 2.29. The van der Waals surface area contributed by atoms with Crippen LogP contribution < -0.4 is 14.9 Å². The quantitative estimate of drug-likeness (QED) is 0.309. The highest BCUT2D eigenvalue weighted by Gasteiger charge is 2.07. The van der Waals surface area contributed by atoms with E-state index in [1.54, 1.807) is 63.1 Å². The molecule has 0 fully saturated rings. The van der Waals surface area contributed by atoms with Crippen LogP contribution in [-0.2, 0) is 0 Å². The molecule has 0 saturated carbocycles. The molecule has 0 aliphatic carbocycles. The van der Waals surface area contributed by atoms with Crippen molar-refractivity contribution in [1.82, 2.24) is 9.97 Å². The first-order valence-electron chi connectivity index (χ1n) is 8.09. The van der Waals surface area contributed by atoms with E-state index in [1.807, 2.05) is 18.2 Å². The van der Waals surface area contributed by atoms with E-state index in [2.05, 4.69) is 30.7 Å². The molecule has 1 aromatic carbocycles. The Morgan fingerprint density at radius 1 is 1.00 bits per heavy atom. The van der Waals surface area contributed by atoms with Gasteiger partial charge in [0.25, 0.3) is 0 Å². The Morgan fingerprint density at radius 2 is 1.93 bits per heavy atom. The molecule has 0 amide bonds. The number of rotatable bonds is 6. The van der Waals surface area contributed by atoms with Crippen LogP contribution in [0.15, 0.2) is 82.5 Å². The Morgan fingerprint density at radius 3 is 2.63 bits per heavy atom. The van der Waals surface area contributed by atoms with Crippen LogP contribution in [0.1, 0.15) is 5.56 Å². The topological polar surface area (TPSA) is 93.3 Å². The lowest BCUT2D eigenvalue weighted by molar-refractivity contribution is 0.404. The standard InChI is InChI=1S/C19H18N6O2/c1-26-15-8-9-17(27-2)16(12-15)22-24-19(14-6-5-10-20-13-14)25-23-18-7-3-4-11-21-18/h3-13,22H,1-2H3. The number of azo groups is 1. The van der Waals surface area contributed by atoms with Gasteiger partial charge >= 0.3 is 0 Å². The summed E-state index contributed by atoms with van der Waals surface area (Å²) in [5.41, 5.74) is 4.29. The maximum absolute atomic E-state index is 5.35. The molecule has 8 nitrogen and oxygen atoms in total. The largest absolute Gasteiger partial charge is 0.497 e. The number of methoxy groups -OCH3 is 2. The van der Waals surface area contributed by atoms with Crippen LogP contribution in [0.25, 0.3) is 0 Å². The molecule has 0 atom stereocenters. The average Bonchev–Trinajstić information content (AvgIpc) is 2.75. The second-order valence-corrected chi connectivity index (χ2v) is 5.24. The molecule has 1 N–H and O–H groups in total. The molecule has 8 heteroatoms. The first-order valence-corrected chi connectivity index (χ1v) is 8.09. The number of hydrogen-bond donors (Lipinski definition) is 1. The van der Waals surface area contributed by atoms with Crippen molar-refractivity contribution in [1.29, 1.82) is 0 Å². The fraction of sp³-hybridized carbons (Fsp3) is 0.105. The molecule has 0 radical (unpaired) electrons. The van der Waals surface area contributed by atoms with Crippen molar-refractivity contribution in [3.63, 3.8) is 0 Å². The highest BCUT2D eigenvalue weighted by atomic mass is 16.5. The van der Waals surface area contributed by atoms with Crippen molar-refractivity contribution >= 4 is 17.3 Å². The number of nitrogens with zero attached hydrogens (tertiary/aromatic N) is 5. The Kier molecular flexibility index (Phi) is 6.03. The Hall–Kier alpha value is -3.81. The zero-order valence-electron chi connectivity index (χ0n) is 14.9. The minimum atomic E-state index is 0.346. The van der Waals surface area contributed by atoms with Gasteiger partial charge < -0.3 is 9.47 Å². The molecule has 3 rings (SSSR count). The van der Waals surface area contributed by atoms with Gasteiger partial charge in [0.15, 0.2) is 5.82 Å². The van der Waals surface area contributed by atoms with Gasteiger partial charge in [0.2, 0.25) is 5.84 Å². The second kappa shape index (κ2) is 9.04. The normalized spacial score (nSPS) is 11.4. The van der Waals surface area contributed by atoms with Gasteiger partial charge in [-0.3, -0.25) is 10.4 Å². The monoisotopic (exact) mass is 362 g/mol. The van der Waals surface area contributed by atoms with Crippen LogP contribution in [0.4, 0.5) is 11.5 Å². The van der Waals surface area contributed by atoms with Crippen LogP contribution in [0.3, 0.4) is 0 Å². The number of amidine groups is 1. The lowest BCUT2D eigenvalue weighted by Gasteiger charge is -2.10. The van der Waals surface area contributed by atoms with Gasteiger partial charge in [-0.2, -0.15) is 5.10 Å². The molecule has 136 valence electrons. The third-order valence-corrected chi connectivity index (χ3v) is 3.51. The van der Waals surface area contributed by atoms with E-state index in [0.29, 0.717) is 34.4 Å². The SMILES string of the molecule is COc1ccc(OC)c(NN=C(N=Nc2ccccn2)c2cccnc2)c1. The number of hydrogen-bond acceptors (Lipinski definition) is 7. The predicted octanol–water partition coefficient (Wildman–Crippen LogP) is 4.05. The first-order chi connectivity index (χ1) is 13.3. The summed E-state index contributed by atoms with van der Waals surface area (Å²) in [5.74, 6) is 2.12. The maximum atomic E-state index is 5.35. The van der Waals surface area contributed by atoms with Crippen molar-refractivity contribution in [2.75, 3.05) is 19.6 Å². The smallest absolute Gasteiger partial charge is 0.202 e. The molecule has 0 saturated heterocycles. The molecule has 0 bridgehead atoms. The van der Waals surface area contributed by atoms with Crippen molar-refractivity contribution < 1.29 is 9.47 Å². The number of pyridine rings is 2. The summed E-state index contributed by atoms with van der Waals surface area (Å²) in [7, 11) is 3.18. The Bertz CT molecular complexity index is 929.